The third-order valence-electron chi connectivity index (χ3n) is 5.26. The number of carbonyl (C=O) groups excluding carboxylic acids is 1. The van der Waals surface area contributed by atoms with Gasteiger partial charge in [0.2, 0.25) is 0 Å². The Balaban J connectivity index is 1.80. The molecule has 0 bridgehead atoms. The first-order valence-electron chi connectivity index (χ1n) is 10.3. The fourth-order valence-electron chi connectivity index (χ4n) is 3.35. The molecular formula is C24H30N4O2. The number of nitrogens with one attached hydrogen (secondary N) is 1. The number of nitrogens with zero attached hydrogens (tertiary/aromatic N) is 3. The third-order valence-corrected chi connectivity index (χ3v) is 5.26. The molecule has 158 valence electrons. The van der Waals surface area contributed by atoms with E-state index < -0.39 is 0 Å². The first-order chi connectivity index (χ1) is 14.5. The summed E-state index contributed by atoms with van der Waals surface area (Å²) in [4.78, 5) is 19.7. The SMILES string of the molecule is CCCCN(C)c1ccc(C(=O)NC(c2ccc(OC)cc2)c2nccn2C)cc1. The van der Waals surface area contributed by atoms with Crippen LogP contribution in [0.2, 0.25) is 0 Å². The van der Waals surface area contributed by atoms with Gasteiger partial charge in [-0.25, -0.2) is 4.98 Å². The first-order valence-corrected chi connectivity index (χ1v) is 10.3. The van der Waals surface area contributed by atoms with E-state index in [0.29, 0.717) is 5.56 Å². The summed E-state index contributed by atoms with van der Waals surface area (Å²) in [5.74, 6) is 1.40. The molecule has 0 radical (unpaired) electrons. The number of carbonyl (C=O) groups is 1. The fraction of sp³-hybridized carbons (Fsp3) is 0.333. The van der Waals surface area contributed by atoms with Crippen molar-refractivity contribution in [1.29, 1.82) is 0 Å². The molecule has 1 aromatic heterocycles. The van der Waals surface area contributed by atoms with Gasteiger partial charge in [0.1, 0.15) is 17.6 Å². The monoisotopic (exact) mass is 406 g/mol. The summed E-state index contributed by atoms with van der Waals surface area (Å²) in [6, 6.07) is 15.0. The van der Waals surface area contributed by atoms with Gasteiger partial charge in [-0.3, -0.25) is 4.79 Å². The molecule has 0 aliphatic heterocycles. The Labute approximate surface area is 178 Å². The van der Waals surface area contributed by atoms with Gasteiger partial charge in [0.05, 0.1) is 7.11 Å². The number of benzene rings is 2. The number of anilines is 1. The number of methoxy groups -OCH3 is 1. The molecule has 0 aliphatic rings. The Bertz CT molecular complexity index is 948. The number of imidazole rings is 1. The highest BCUT2D eigenvalue weighted by molar-refractivity contribution is 5.95. The van der Waals surface area contributed by atoms with Crippen molar-refractivity contribution in [3.63, 3.8) is 0 Å². The molecule has 3 rings (SSSR count). The van der Waals surface area contributed by atoms with E-state index in [4.69, 9.17) is 4.74 Å². The van der Waals surface area contributed by atoms with E-state index in [-0.39, 0.29) is 11.9 Å². The summed E-state index contributed by atoms with van der Waals surface area (Å²) in [5.41, 5.74) is 2.67. The minimum atomic E-state index is -0.365. The maximum atomic E-state index is 13.0. The van der Waals surface area contributed by atoms with Crippen molar-refractivity contribution in [2.45, 2.75) is 25.8 Å². The minimum absolute atomic E-state index is 0.137. The van der Waals surface area contributed by atoms with Crippen LogP contribution < -0.4 is 15.0 Å². The van der Waals surface area contributed by atoms with Crippen LogP contribution in [0.25, 0.3) is 0 Å². The summed E-state index contributed by atoms with van der Waals surface area (Å²) < 4.78 is 7.17. The fourth-order valence-corrected chi connectivity index (χ4v) is 3.35. The number of hydrogen-bond acceptors (Lipinski definition) is 4. The maximum Gasteiger partial charge on any atom is 0.252 e. The summed E-state index contributed by atoms with van der Waals surface area (Å²) >= 11 is 0. The molecule has 1 heterocycles. The van der Waals surface area contributed by atoms with Crippen LogP contribution in [0.1, 0.15) is 47.6 Å². The second-order valence-electron chi connectivity index (χ2n) is 7.40. The van der Waals surface area contributed by atoms with E-state index in [2.05, 4.69) is 29.2 Å². The Morgan fingerprint density at radius 2 is 1.87 bits per heavy atom. The summed E-state index contributed by atoms with van der Waals surface area (Å²) in [5, 5.41) is 3.14. The van der Waals surface area contributed by atoms with Gasteiger partial charge >= 0.3 is 0 Å². The van der Waals surface area contributed by atoms with Gasteiger partial charge in [0.25, 0.3) is 5.91 Å². The van der Waals surface area contributed by atoms with Gasteiger partial charge in [-0.05, 0) is 48.4 Å². The molecule has 30 heavy (non-hydrogen) atoms. The molecule has 0 saturated carbocycles. The second kappa shape index (κ2) is 9.96. The third kappa shape index (κ3) is 5.00. The zero-order valence-electron chi connectivity index (χ0n) is 18.1. The molecule has 1 N–H and O–H groups in total. The molecule has 6 heteroatoms. The van der Waals surface area contributed by atoms with E-state index in [1.54, 1.807) is 13.3 Å². The van der Waals surface area contributed by atoms with Crippen LogP contribution in [0, 0.1) is 0 Å². The predicted octanol–water partition coefficient (Wildman–Crippen LogP) is 4.18. The van der Waals surface area contributed by atoms with Crippen LogP contribution in [0.15, 0.2) is 60.9 Å². The molecular weight excluding hydrogens is 376 g/mol. The topological polar surface area (TPSA) is 59.4 Å². The highest BCUT2D eigenvalue weighted by Gasteiger charge is 2.21. The molecule has 1 amide bonds. The number of aryl methyl sites for hydroxylation is 1. The predicted molar refractivity (Wildman–Crippen MR) is 120 cm³/mol. The average Bonchev–Trinajstić information content (AvgIpc) is 3.21. The normalized spacial score (nSPS) is 11.7. The van der Waals surface area contributed by atoms with Gasteiger partial charge in [-0.1, -0.05) is 25.5 Å². The Morgan fingerprint density at radius 1 is 1.17 bits per heavy atom. The van der Waals surface area contributed by atoms with Gasteiger partial charge in [0.15, 0.2) is 0 Å². The maximum absolute atomic E-state index is 13.0. The lowest BCUT2D eigenvalue weighted by atomic mass is 10.0. The number of hydrogen-bond donors (Lipinski definition) is 1. The van der Waals surface area contributed by atoms with Crippen LogP contribution >= 0.6 is 0 Å². The molecule has 0 saturated heterocycles. The largest absolute Gasteiger partial charge is 0.497 e. The number of amides is 1. The highest BCUT2D eigenvalue weighted by atomic mass is 16.5. The molecule has 1 atom stereocenters. The van der Waals surface area contributed by atoms with Crippen molar-refractivity contribution < 1.29 is 9.53 Å². The first kappa shape index (κ1) is 21.4. The molecule has 6 nitrogen and oxygen atoms in total. The quantitative estimate of drug-likeness (QED) is 0.579. The lowest BCUT2D eigenvalue weighted by Crippen LogP contribution is -2.31. The molecule has 1 unspecified atom stereocenters. The molecule has 3 aromatic rings. The lowest BCUT2D eigenvalue weighted by Gasteiger charge is -2.21. The zero-order valence-corrected chi connectivity index (χ0v) is 18.1. The minimum Gasteiger partial charge on any atom is -0.497 e. The van der Waals surface area contributed by atoms with E-state index in [1.807, 2.05) is 66.3 Å². The molecule has 0 spiro atoms. The number of rotatable bonds is 9. The second-order valence-corrected chi connectivity index (χ2v) is 7.40. The smallest absolute Gasteiger partial charge is 0.252 e. The van der Waals surface area contributed by atoms with E-state index in [1.165, 1.54) is 0 Å². The van der Waals surface area contributed by atoms with Crippen LogP contribution in [0.4, 0.5) is 5.69 Å². The molecule has 2 aromatic carbocycles. The zero-order chi connectivity index (χ0) is 21.5. The van der Waals surface area contributed by atoms with Gasteiger partial charge in [-0.15, -0.1) is 0 Å². The van der Waals surface area contributed by atoms with Crippen molar-refractivity contribution in [2.75, 3.05) is 25.6 Å². The van der Waals surface area contributed by atoms with Crippen molar-refractivity contribution in [1.82, 2.24) is 14.9 Å². The summed E-state index contributed by atoms with van der Waals surface area (Å²) in [6.45, 7) is 3.18. The summed E-state index contributed by atoms with van der Waals surface area (Å²) in [7, 11) is 5.63. The Kier molecular flexibility index (Phi) is 7.12. The van der Waals surface area contributed by atoms with E-state index >= 15 is 0 Å². The standard InChI is InChI=1S/C24H30N4O2/c1-5-6-16-27(2)20-11-7-19(8-12-20)24(29)26-22(23-25-15-17-28(23)3)18-9-13-21(30-4)14-10-18/h7-15,17,22H,5-6,16H2,1-4H3,(H,26,29). The Hall–Kier alpha value is -3.28. The molecule has 0 fully saturated rings. The van der Waals surface area contributed by atoms with E-state index in [9.17, 15) is 4.79 Å². The van der Waals surface area contributed by atoms with Gasteiger partial charge in [-0.2, -0.15) is 0 Å². The summed E-state index contributed by atoms with van der Waals surface area (Å²) in [6.07, 6.45) is 5.91. The van der Waals surface area contributed by atoms with Crippen LogP contribution in [0.3, 0.4) is 0 Å². The van der Waals surface area contributed by atoms with Crippen LogP contribution in [0.5, 0.6) is 5.75 Å². The lowest BCUT2D eigenvalue weighted by molar-refractivity contribution is 0.0941. The highest BCUT2D eigenvalue weighted by Crippen LogP contribution is 2.24. The van der Waals surface area contributed by atoms with Crippen molar-refractivity contribution in [2.24, 2.45) is 7.05 Å². The van der Waals surface area contributed by atoms with E-state index in [0.717, 1.165) is 42.2 Å². The Morgan fingerprint density at radius 3 is 2.43 bits per heavy atom. The van der Waals surface area contributed by atoms with Crippen molar-refractivity contribution >= 4 is 11.6 Å². The number of unbranched alkanes of at least 4 members (excludes halogenated alkanes) is 1. The number of aromatic nitrogens is 2. The number of ether oxygens (including phenoxy) is 1. The van der Waals surface area contributed by atoms with Crippen molar-refractivity contribution in [3.8, 4) is 5.75 Å². The van der Waals surface area contributed by atoms with Crippen LogP contribution in [-0.2, 0) is 7.05 Å². The van der Waals surface area contributed by atoms with Gasteiger partial charge < -0.3 is 19.5 Å². The van der Waals surface area contributed by atoms with Gasteiger partial charge in [0, 0.05) is 44.3 Å². The molecule has 0 aliphatic carbocycles. The van der Waals surface area contributed by atoms with Crippen molar-refractivity contribution in [3.05, 3.63) is 77.9 Å². The van der Waals surface area contributed by atoms with Crippen LogP contribution in [-0.4, -0.2) is 36.2 Å². The average molecular weight is 407 g/mol.